The van der Waals surface area contributed by atoms with E-state index in [9.17, 15) is 14.4 Å². The average molecular weight is 277 g/mol. The van der Waals surface area contributed by atoms with Crippen LogP contribution in [-0.4, -0.2) is 50.0 Å². The molecule has 1 N–H and O–H groups in total. The van der Waals surface area contributed by atoms with Crippen LogP contribution in [0.25, 0.3) is 0 Å². The molecule has 2 heterocycles. The summed E-state index contributed by atoms with van der Waals surface area (Å²) in [6, 6.07) is -0.791. The van der Waals surface area contributed by atoms with Gasteiger partial charge in [-0.15, -0.1) is 0 Å². The minimum absolute atomic E-state index is 0.336. The van der Waals surface area contributed by atoms with E-state index >= 15 is 0 Å². The lowest BCUT2D eigenvalue weighted by molar-refractivity contribution is -0.146. The highest BCUT2D eigenvalue weighted by molar-refractivity contribution is 6.07. The Morgan fingerprint density at radius 1 is 1.40 bits per heavy atom. The minimum Gasteiger partial charge on any atom is -0.480 e. The standard InChI is InChI=1S/C13H15N3O4/c1-15-8-9(7-14-15)11(17)4-5-12(18)16-6-2-3-10(16)13(19)20/h4-5,7-8,10H,2-3,6H2,1H3,(H,19,20)/t10-/m0/s1. The number of amides is 1. The molecule has 1 aliphatic rings. The molecule has 0 bridgehead atoms. The number of likely N-dealkylation sites (tertiary alicyclic amines) is 1. The van der Waals surface area contributed by atoms with Gasteiger partial charge in [0, 0.05) is 25.9 Å². The summed E-state index contributed by atoms with van der Waals surface area (Å²) in [6.45, 7) is 0.404. The van der Waals surface area contributed by atoms with Gasteiger partial charge in [0.1, 0.15) is 6.04 Å². The third kappa shape index (κ3) is 2.93. The molecule has 1 aromatic heterocycles. The number of ketones is 1. The highest BCUT2D eigenvalue weighted by atomic mass is 16.4. The summed E-state index contributed by atoms with van der Waals surface area (Å²) in [5.41, 5.74) is 0.382. The molecule has 0 aromatic carbocycles. The number of hydrogen-bond acceptors (Lipinski definition) is 4. The average Bonchev–Trinajstić information content (AvgIpc) is 3.03. The maximum Gasteiger partial charge on any atom is 0.326 e. The van der Waals surface area contributed by atoms with Crippen molar-refractivity contribution in [2.75, 3.05) is 6.54 Å². The van der Waals surface area contributed by atoms with Crippen LogP contribution in [0.1, 0.15) is 23.2 Å². The van der Waals surface area contributed by atoms with Gasteiger partial charge >= 0.3 is 5.97 Å². The van der Waals surface area contributed by atoms with Crippen molar-refractivity contribution in [1.82, 2.24) is 14.7 Å². The molecule has 1 saturated heterocycles. The Bertz CT molecular complexity index is 576. The van der Waals surface area contributed by atoms with Crippen molar-refractivity contribution in [3.8, 4) is 0 Å². The number of carbonyl (C=O) groups excluding carboxylic acids is 2. The van der Waals surface area contributed by atoms with Crippen molar-refractivity contribution in [3.05, 3.63) is 30.1 Å². The first-order chi connectivity index (χ1) is 9.49. The van der Waals surface area contributed by atoms with Gasteiger partial charge in [-0.05, 0) is 18.9 Å². The number of aromatic nitrogens is 2. The first-order valence-corrected chi connectivity index (χ1v) is 6.23. The Balaban J connectivity index is 2.02. The molecule has 2 rings (SSSR count). The molecule has 1 aliphatic heterocycles. The maximum absolute atomic E-state index is 11.9. The number of carboxylic acid groups (broad SMARTS) is 1. The summed E-state index contributed by atoms with van der Waals surface area (Å²) in [7, 11) is 1.69. The second-order valence-corrected chi connectivity index (χ2v) is 4.63. The van der Waals surface area contributed by atoms with Crippen molar-refractivity contribution < 1.29 is 19.5 Å². The number of allylic oxidation sites excluding steroid dienone is 1. The Kier molecular flexibility index (Phi) is 3.97. The molecular weight excluding hydrogens is 262 g/mol. The molecule has 7 heteroatoms. The SMILES string of the molecule is Cn1cc(C(=O)C=CC(=O)N2CCC[C@H]2C(=O)O)cn1. The summed E-state index contributed by atoms with van der Waals surface area (Å²) in [5.74, 6) is -1.80. The highest BCUT2D eigenvalue weighted by Gasteiger charge is 2.32. The van der Waals surface area contributed by atoms with E-state index in [4.69, 9.17) is 5.11 Å². The number of nitrogens with zero attached hydrogens (tertiary/aromatic N) is 3. The summed E-state index contributed by atoms with van der Waals surface area (Å²) in [5, 5.41) is 12.9. The quantitative estimate of drug-likeness (QED) is 0.628. The van der Waals surface area contributed by atoms with Crippen LogP contribution in [0.3, 0.4) is 0 Å². The van der Waals surface area contributed by atoms with Crippen LogP contribution in [0, 0.1) is 0 Å². The molecule has 106 valence electrons. The fraction of sp³-hybridized carbons (Fsp3) is 0.385. The molecule has 1 atom stereocenters. The third-order valence-electron chi connectivity index (χ3n) is 3.19. The van der Waals surface area contributed by atoms with Crippen LogP contribution in [-0.2, 0) is 16.6 Å². The largest absolute Gasteiger partial charge is 0.480 e. The van der Waals surface area contributed by atoms with E-state index in [1.807, 2.05) is 0 Å². The first-order valence-electron chi connectivity index (χ1n) is 6.23. The molecular formula is C13H15N3O4. The third-order valence-corrected chi connectivity index (χ3v) is 3.19. The van der Waals surface area contributed by atoms with Crippen molar-refractivity contribution in [2.45, 2.75) is 18.9 Å². The molecule has 0 aliphatic carbocycles. The maximum atomic E-state index is 11.9. The Hall–Kier alpha value is -2.44. The van der Waals surface area contributed by atoms with Crippen molar-refractivity contribution >= 4 is 17.7 Å². The molecule has 1 fully saturated rings. The summed E-state index contributed by atoms with van der Waals surface area (Å²) in [6.07, 6.45) is 6.34. The number of hydrogen-bond donors (Lipinski definition) is 1. The van der Waals surface area contributed by atoms with Crippen LogP contribution >= 0.6 is 0 Å². The number of rotatable bonds is 4. The summed E-state index contributed by atoms with van der Waals surface area (Å²) < 4.78 is 1.49. The van der Waals surface area contributed by atoms with Gasteiger partial charge in [-0.3, -0.25) is 14.3 Å². The summed E-state index contributed by atoms with van der Waals surface area (Å²) >= 11 is 0. The van der Waals surface area contributed by atoms with Crippen molar-refractivity contribution in [2.24, 2.45) is 7.05 Å². The Labute approximate surface area is 115 Å². The molecule has 1 amide bonds. The monoisotopic (exact) mass is 277 g/mol. The Morgan fingerprint density at radius 2 is 2.15 bits per heavy atom. The Morgan fingerprint density at radius 3 is 2.75 bits per heavy atom. The van der Waals surface area contributed by atoms with Crippen LogP contribution in [0.2, 0.25) is 0 Å². The molecule has 7 nitrogen and oxygen atoms in total. The zero-order valence-corrected chi connectivity index (χ0v) is 11.0. The molecule has 0 radical (unpaired) electrons. The molecule has 20 heavy (non-hydrogen) atoms. The van der Waals surface area contributed by atoms with Gasteiger partial charge in [0.2, 0.25) is 5.91 Å². The zero-order chi connectivity index (χ0) is 14.7. The van der Waals surface area contributed by atoms with Gasteiger partial charge < -0.3 is 10.0 Å². The lowest BCUT2D eigenvalue weighted by atomic mass is 10.2. The number of carbonyl (C=O) groups is 3. The van der Waals surface area contributed by atoms with Crippen molar-refractivity contribution in [1.29, 1.82) is 0 Å². The number of aliphatic carboxylic acids is 1. The van der Waals surface area contributed by atoms with Gasteiger partial charge in [0.05, 0.1) is 11.8 Å². The molecule has 0 spiro atoms. The van der Waals surface area contributed by atoms with Crippen LogP contribution in [0.15, 0.2) is 24.5 Å². The van der Waals surface area contributed by atoms with E-state index in [0.717, 1.165) is 12.2 Å². The second-order valence-electron chi connectivity index (χ2n) is 4.63. The van der Waals surface area contributed by atoms with Gasteiger partial charge in [-0.1, -0.05) is 0 Å². The number of carboxylic acids is 1. The van der Waals surface area contributed by atoms with E-state index in [1.54, 1.807) is 13.2 Å². The van der Waals surface area contributed by atoms with E-state index in [1.165, 1.54) is 15.8 Å². The first kappa shape index (κ1) is 14.0. The zero-order valence-electron chi connectivity index (χ0n) is 11.0. The second kappa shape index (κ2) is 5.68. The molecule has 1 aromatic rings. The van der Waals surface area contributed by atoms with Gasteiger partial charge in [0.25, 0.3) is 0 Å². The fourth-order valence-electron chi connectivity index (χ4n) is 2.17. The molecule has 0 saturated carbocycles. The van der Waals surface area contributed by atoms with Crippen LogP contribution in [0.4, 0.5) is 0 Å². The lowest BCUT2D eigenvalue weighted by Gasteiger charge is -2.19. The van der Waals surface area contributed by atoms with Crippen molar-refractivity contribution in [3.63, 3.8) is 0 Å². The smallest absolute Gasteiger partial charge is 0.326 e. The topological polar surface area (TPSA) is 92.5 Å². The minimum atomic E-state index is -1.01. The van der Waals surface area contributed by atoms with Crippen LogP contribution < -0.4 is 0 Å². The van der Waals surface area contributed by atoms with Gasteiger partial charge in [0.15, 0.2) is 5.78 Å². The number of aryl methyl sites for hydroxylation is 1. The van der Waals surface area contributed by atoms with E-state index in [0.29, 0.717) is 24.9 Å². The highest BCUT2D eigenvalue weighted by Crippen LogP contribution is 2.17. The van der Waals surface area contributed by atoms with E-state index in [-0.39, 0.29) is 5.78 Å². The summed E-state index contributed by atoms with van der Waals surface area (Å²) in [4.78, 5) is 35.9. The molecule has 0 unspecified atom stereocenters. The van der Waals surface area contributed by atoms with Crippen LogP contribution in [0.5, 0.6) is 0 Å². The van der Waals surface area contributed by atoms with Gasteiger partial charge in [-0.25, -0.2) is 4.79 Å². The lowest BCUT2D eigenvalue weighted by Crippen LogP contribution is -2.39. The fourth-order valence-corrected chi connectivity index (χ4v) is 2.17. The predicted octanol–water partition coefficient (Wildman–Crippen LogP) is 0.235. The normalized spacial score (nSPS) is 18.6. The van der Waals surface area contributed by atoms with E-state index in [2.05, 4.69) is 5.10 Å². The van der Waals surface area contributed by atoms with E-state index < -0.39 is 17.9 Å². The van der Waals surface area contributed by atoms with Gasteiger partial charge in [-0.2, -0.15) is 5.10 Å². The predicted molar refractivity (Wildman–Crippen MR) is 69.0 cm³/mol.